The first-order chi connectivity index (χ1) is 11.8. The van der Waals surface area contributed by atoms with E-state index in [9.17, 15) is 0 Å². The van der Waals surface area contributed by atoms with Gasteiger partial charge in [-0.05, 0) is 44.2 Å². The zero-order valence-corrected chi connectivity index (χ0v) is 14.7. The molecule has 4 rings (SSSR count). The van der Waals surface area contributed by atoms with Gasteiger partial charge in [-0.1, -0.05) is 25.3 Å². The van der Waals surface area contributed by atoms with Crippen LogP contribution in [0.15, 0.2) is 24.4 Å². The molecular formula is C20H30N2O2. The highest BCUT2D eigenvalue weighted by Gasteiger charge is 2.44. The van der Waals surface area contributed by atoms with E-state index in [1.54, 1.807) is 6.20 Å². The van der Waals surface area contributed by atoms with E-state index in [1.165, 1.54) is 58.0 Å². The number of rotatable bonds is 4. The van der Waals surface area contributed by atoms with Crippen LogP contribution in [0.3, 0.4) is 0 Å². The molecule has 3 fully saturated rings. The van der Waals surface area contributed by atoms with Gasteiger partial charge in [0, 0.05) is 31.8 Å². The third kappa shape index (κ3) is 3.92. The van der Waals surface area contributed by atoms with Crippen molar-refractivity contribution in [1.82, 2.24) is 9.88 Å². The molecule has 1 aromatic heterocycles. The topological polar surface area (TPSA) is 34.6 Å². The van der Waals surface area contributed by atoms with E-state index in [0.29, 0.717) is 6.61 Å². The molecule has 4 heteroatoms. The van der Waals surface area contributed by atoms with Gasteiger partial charge in [0.1, 0.15) is 6.10 Å². The molecule has 4 nitrogen and oxygen atoms in total. The molecule has 3 aliphatic rings. The van der Waals surface area contributed by atoms with Crippen LogP contribution in [-0.4, -0.2) is 47.8 Å². The Morgan fingerprint density at radius 1 is 1.21 bits per heavy atom. The van der Waals surface area contributed by atoms with Crippen LogP contribution in [0.4, 0.5) is 0 Å². The zero-order chi connectivity index (χ0) is 16.2. The number of hydrogen-bond acceptors (Lipinski definition) is 4. The molecule has 3 heterocycles. The predicted molar refractivity (Wildman–Crippen MR) is 94.2 cm³/mol. The fourth-order valence-corrected chi connectivity index (χ4v) is 4.83. The average molecular weight is 330 g/mol. The van der Waals surface area contributed by atoms with Gasteiger partial charge in [0.15, 0.2) is 0 Å². The van der Waals surface area contributed by atoms with Gasteiger partial charge in [-0.3, -0.25) is 0 Å². The van der Waals surface area contributed by atoms with Crippen LogP contribution < -0.4 is 4.74 Å². The van der Waals surface area contributed by atoms with Crippen LogP contribution in [0, 0.1) is 5.92 Å². The van der Waals surface area contributed by atoms with Gasteiger partial charge in [-0.2, -0.15) is 0 Å². The third-order valence-corrected chi connectivity index (χ3v) is 5.96. The van der Waals surface area contributed by atoms with Crippen molar-refractivity contribution in [2.75, 3.05) is 26.2 Å². The van der Waals surface area contributed by atoms with Crippen LogP contribution in [0.2, 0.25) is 0 Å². The monoisotopic (exact) mass is 330 g/mol. The number of hydrogen-bond donors (Lipinski definition) is 0. The maximum atomic E-state index is 6.29. The van der Waals surface area contributed by atoms with E-state index in [1.807, 2.05) is 18.2 Å². The molecule has 1 saturated carbocycles. The van der Waals surface area contributed by atoms with E-state index in [2.05, 4.69) is 9.88 Å². The molecule has 1 spiro atoms. The first-order valence-corrected chi connectivity index (χ1v) is 9.75. The van der Waals surface area contributed by atoms with Crippen LogP contribution >= 0.6 is 0 Å². The lowest BCUT2D eigenvalue weighted by molar-refractivity contribution is -0.0556. The highest BCUT2D eigenvalue weighted by Crippen LogP contribution is 2.37. The molecule has 24 heavy (non-hydrogen) atoms. The SMILES string of the molecule is c1ccc(O[C@H]2CO[C@]3(CCCN(CC4CCCCC4)C3)C2)nc1. The molecule has 2 atom stereocenters. The lowest BCUT2D eigenvalue weighted by atomic mass is 9.86. The second-order valence-electron chi connectivity index (χ2n) is 7.95. The Hall–Kier alpha value is -1.13. The van der Waals surface area contributed by atoms with Crippen LogP contribution in [-0.2, 0) is 4.74 Å². The maximum Gasteiger partial charge on any atom is 0.213 e. The second kappa shape index (κ2) is 7.40. The number of aromatic nitrogens is 1. The van der Waals surface area contributed by atoms with E-state index < -0.39 is 0 Å². The molecule has 1 aromatic rings. The average Bonchev–Trinajstić information content (AvgIpc) is 2.98. The molecule has 132 valence electrons. The molecule has 2 aliphatic heterocycles. The summed E-state index contributed by atoms with van der Waals surface area (Å²) in [6, 6.07) is 5.82. The van der Waals surface area contributed by atoms with Gasteiger partial charge in [0.25, 0.3) is 0 Å². The summed E-state index contributed by atoms with van der Waals surface area (Å²) in [7, 11) is 0. The van der Waals surface area contributed by atoms with Gasteiger partial charge >= 0.3 is 0 Å². The standard InChI is InChI=1S/C20H30N2O2/c1-2-7-17(8-3-1)14-22-12-6-10-20(16-22)13-18(15-23-20)24-19-9-4-5-11-21-19/h4-5,9,11,17-18H,1-3,6-8,10,12-16H2/t18-,20-/m1/s1. The van der Waals surface area contributed by atoms with Crippen molar-refractivity contribution >= 4 is 0 Å². The number of nitrogens with zero attached hydrogens (tertiary/aromatic N) is 2. The Labute approximate surface area is 145 Å². The van der Waals surface area contributed by atoms with Crippen LogP contribution in [0.1, 0.15) is 51.4 Å². The highest BCUT2D eigenvalue weighted by molar-refractivity contribution is 5.10. The predicted octanol–water partition coefficient (Wildman–Crippen LogP) is 3.66. The summed E-state index contributed by atoms with van der Waals surface area (Å²) >= 11 is 0. The minimum Gasteiger partial charge on any atom is -0.472 e. The largest absolute Gasteiger partial charge is 0.472 e. The molecule has 2 saturated heterocycles. The Bertz CT molecular complexity index is 518. The van der Waals surface area contributed by atoms with Crippen molar-refractivity contribution in [2.45, 2.75) is 63.1 Å². The van der Waals surface area contributed by atoms with Crippen molar-refractivity contribution in [3.05, 3.63) is 24.4 Å². The van der Waals surface area contributed by atoms with Crippen molar-refractivity contribution in [1.29, 1.82) is 0 Å². The summed E-state index contributed by atoms with van der Waals surface area (Å²) in [5, 5.41) is 0. The van der Waals surface area contributed by atoms with Crippen molar-refractivity contribution in [3.63, 3.8) is 0 Å². The normalized spacial score (nSPS) is 32.2. The fourth-order valence-electron chi connectivity index (χ4n) is 4.83. The zero-order valence-electron chi connectivity index (χ0n) is 14.7. The lowest BCUT2D eigenvalue weighted by Gasteiger charge is -2.41. The summed E-state index contributed by atoms with van der Waals surface area (Å²) in [5.41, 5.74) is 0.0202. The Kier molecular flexibility index (Phi) is 5.04. The highest BCUT2D eigenvalue weighted by atomic mass is 16.6. The van der Waals surface area contributed by atoms with Gasteiger partial charge < -0.3 is 14.4 Å². The van der Waals surface area contributed by atoms with Crippen molar-refractivity contribution in [3.8, 4) is 5.88 Å². The van der Waals surface area contributed by atoms with Gasteiger partial charge in [-0.15, -0.1) is 0 Å². The Balaban J connectivity index is 1.31. The first kappa shape index (κ1) is 16.3. The molecule has 0 N–H and O–H groups in total. The molecule has 0 radical (unpaired) electrons. The summed E-state index contributed by atoms with van der Waals surface area (Å²) < 4.78 is 12.3. The summed E-state index contributed by atoms with van der Waals surface area (Å²) in [5.74, 6) is 1.63. The maximum absolute atomic E-state index is 6.29. The van der Waals surface area contributed by atoms with Gasteiger partial charge in [-0.25, -0.2) is 4.98 Å². The van der Waals surface area contributed by atoms with E-state index in [0.717, 1.165) is 24.8 Å². The summed E-state index contributed by atoms with van der Waals surface area (Å²) in [6.07, 6.45) is 12.5. The van der Waals surface area contributed by atoms with E-state index >= 15 is 0 Å². The minimum absolute atomic E-state index is 0.0202. The molecule has 0 amide bonds. The molecule has 0 aromatic carbocycles. The summed E-state index contributed by atoms with van der Waals surface area (Å²) in [4.78, 5) is 6.95. The van der Waals surface area contributed by atoms with Crippen molar-refractivity contribution < 1.29 is 9.47 Å². The van der Waals surface area contributed by atoms with Gasteiger partial charge in [0.05, 0.1) is 12.2 Å². The molecule has 0 bridgehead atoms. The fraction of sp³-hybridized carbons (Fsp3) is 0.750. The minimum atomic E-state index is 0.0202. The molecular weight excluding hydrogens is 300 g/mol. The Morgan fingerprint density at radius 3 is 2.96 bits per heavy atom. The molecule has 0 unspecified atom stereocenters. The third-order valence-electron chi connectivity index (χ3n) is 5.96. The molecule has 1 aliphatic carbocycles. The number of pyridine rings is 1. The smallest absolute Gasteiger partial charge is 0.213 e. The lowest BCUT2D eigenvalue weighted by Crippen LogP contribution is -2.49. The quantitative estimate of drug-likeness (QED) is 0.844. The Morgan fingerprint density at radius 2 is 2.12 bits per heavy atom. The van der Waals surface area contributed by atoms with Crippen LogP contribution in [0.25, 0.3) is 0 Å². The van der Waals surface area contributed by atoms with Gasteiger partial charge in [0.2, 0.25) is 5.88 Å². The number of likely N-dealkylation sites (tertiary alicyclic amines) is 1. The number of piperidine rings is 1. The van der Waals surface area contributed by atoms with E-state index in [4.69, 9.17) is 9.47 Å². The van der Waals surface area contributed by atoms with Crippen molar-refractivity contribution in [2.24, 2.45) is 5.92 Å². The van der Waals surface area contributed by atoms with E-state index in [-0.39, 0.29) is 11.7 Å². The first-order valence-electron chi connectivity index (χ1n) is 9.75. The second-order valence-corrected chi connectivity index (χ2v) is 7.95. The number of ether oxygens (including phenoxy) is 2. The van der Waals surface area contributed by atoms with Crippen LogP contribution in [0.5, 0.6) is 5.88 Å². The summed E-state index contributed by atoms with van der Waals surface area (Å²) in [6.45, 7) is 4.31.